The van der Waals surface area contributed by atoms with Crippen molar-refractivity contribution in [2.75, 3.05) is 25.0 Å². The third kappa shape index (κ3) is 6.18. The lowest BCUT2D eigenvalue weighted by atomic mass is 10.1. The third-order valence-electron chi connectivity index (χ3n) is 5.90. The Balaban J connectivity index is 1.62. The number of primary sulfonamides is 1. The number of amides is 1. The molecule has 1 amide bonds. The zero-order valence-corrected chi connectivity index (χ0v) is 19.0. The maximum atomic E-state index is 12.6. The molecule has 1 heterocycles. The Morgan fingerprint density at radius 1 is 1.00 bits per heavy atom. The molecule has 0 aromatic heterocycles. The van der Waals surface area contributed by atoms with E-state index < -0.39 is 10.0 Å². The lowest BCUT2D eigenvalue weighted by Gasteiger charge is -2.24. The maximum absolute atomic E-state index is 12.6. The van der Waals surface area contributed by atoms with Crippen molar-refractivity contribution in [2.24, 2.45) is 5.14 Å². The van der Waals surface area contributed by atoms with Gasteiger partial charge in [0.05, 0.1) is 10.9 Å². The van der Waals surface area contributed by atoms with Crippen molar-refractivity contribution in [3.63, 3.8) is 0 Å². The summed E-state index contributed by atoms with van der Waals surface area (Å²) in [6.07, 6.45) is 8.48. The molecule has 31 heavy (non-hydrogen) atoms. The van der Waals surface area contributed by atoms with Crippen molar-refractivity contribution in [2.45, 2.75) is 43.5 Å². The zero-order chi connectivity index (χ0) is 22.4. The van der Waals surface area contributed by atoms with E-state index in [1.165, 1.54) is 43.5 Å². The number of likely N-dealkylation sites (N-methyl/N-ethyl adjacent to an activating group) is 1. The van der Waals surface area contributed by atoms with Crippen molar-refractivity contribution < 1.29 is 13.2 Å². The van der Waals surface area contributed by atoms with Gasteiger partial charge in [-0.3, -0.25) is 4.79 Å². The first kappa shape index (κ1) is 23.0. The number of nitrogens with zero attached hydrogens (tertiary/aromatic N) is 2. The van der Waals surface area contributed by atoms with Gasteiger partial charge in [-0.15, -0.1) is 0 Å². The molecule has 0 bridgehead atoms. The Morgan fingerprint density at radius 3 is 2.13 bits per heavy atom. The van der Waals surface area contributed by atoms with Gasteiger partial charge in [0.2, 0.25) is 15.9 Å². The van der Waals surface area contributed by atoms with Crippen molar-refractivity contribution in [1.29, 1.82) is 0 Å². The molecular formula is C24H31N3O3S. The van der Waals surface area contributed by atoms with E-state index in [0.717, 1.165) is 24.2 Å². The van der Waals surface area contributed by atoms with E-state index in [1.807, 2.05) is 25.1 Å². The Labute approximate surface area is 185 Å². The molecule has 1 unspecified atom stereocenters. The first-order valence-corrected chi connectivity index (χ1v) is 12.2. The van der Waals surface area contributed by atoms with E-state index in [2.05, 4.69) is 17.0 Å². The van der Waals surface area contributed by atoms with Gasteiger partial charge in [0.1, 0.15) is 0 Å². The summed E-state index contributed by atoms with van der Waals surface area (Å²) < 4.78 is 22.8. The van der Waals surface area contributed by atoms with E-state index in [4.69, 9.17) is 5.14 Å². The molecule has 0 saturated carbocycles. The molecule has 1 aliphatic heterocycles. The minimum absolute atomic E-state index is 0.0564. The van der Waals surface area contributed by atoms with Gasteiger partial charge in [-0.1, -0.05) is 37.1 Å². The molecule has 6 nitrogen and oxygen atoms in total. The van der Waals surface area contributed by atoms with Crippen LogP contribution in [0.25, 0.3) is 6.08 Å². The van der Waals surface area contributed by atoms with Crippen LogP contribution in [0.15, 0.2) is 59.5 Å². The number of carbonyl (C=O) groups is 1. The average molecular weight is 442 g/mol. The topological polar surface area (TPSA) is 83.7 Å². The number of carbonyl (C=O) groups excluding carboxylic acids is 1. The van der Waals surface area contributed by atoms with Crippen LogP contribution >= 0.6 is 0 Å². The van der Waals surface area contributed by atoms with Crippen LogP contribution in [0.2, 0.25) is 0 Å². The van der Waals surface area contributed by atoms with Gasteiger partial charge in [-0.2, -0.15) is 0 Å². The van der Waals surface area contributed by atoms with Gasteiger partial charge in [0, 0.05) is 31.9 Å². The van der Waals surface area contributed by atoms with E-state index >= 15 is 0 Å². The summed E-state index contributed by atoms with van der Waals surface area (Å²) in [6.45, 7) is 4.11. The second-order valence-corrected chi connectivity index (χ2v) is 9.63. The summed E-state index contributed by atoms with van der Waals surface area (Å²) in [6, 6.07) is 14.4. The Morgan fingerprint density at radius 2 is 1.58 bits per heavy atom. The largest absolute Gasteiger partial charge is 0.372 e. The van der Waals surface area contributed by atoms with Crippen LogP contribution < -0.4 is 10.0 Å². The van der Waals surface area contributed by atoms with Crippen LogP contribution in [0, 0.1) is 0 Å². The molecule has 1 aliphatic rings. The summed E-state index contributed by atoms with van der Waals surface area (Å²) in [5.41, 5.74) is 3.04. The van der Waals surface area contributed by atoms with Crippen molar-refractivity contribution in [1.82, 2.24) is 4.90 Å². The molecule has 3 rings (SSSR count). The first-order valence-electron chi connectivity index (χ1n) is 10.7. The number of hydrogen-bond donors (Lipinski definition) is 1. The summed E-state index contributed by atoms with van der Waals surface area (Å²) >= 11 is 0. The predicted octanol–water partition coefficient (Wildman–Crippen LogP) is 3.95. The summed E-state index contributed by atoms with van der Waals surface area (Å²) in [4.78, 5) is 16.7. The molecule has 1 atom stereocenters. The number of hydrogen-bond acceptors (Lipinski definition) is 4. The molecule has 2 N–H and O–H groups in total. The van der Waals surface area contributed by atoms with Crippen LogP contribution in [-0.4, -0.2) is 39.4 Å². The highest BCUT2D eigenvalue weighted by Gasteiger charge is 2.16. The molecule has 2 aromatic carbocycles. The van der Waals surface area contributed by atoms with Gasteiger partial charge < -0.3 is 9.80 Å². The molecule has 2 aromatic rings. The van der Waals surface area contributed by atoms with Crippen molar-refractivity contribution in [3.8, 4) is 0 Å². The third-order valence-corrected chi connectivity index (χ3v) is 6.83. The highest BCUT2D eigenvalue weighted by Crippen LogP contribution is 2.22. The van der Waals surface area contributed by atoms with E-state index in [-0.39, 0.29) is 16.8 Å². The highest BCUT2D eigenvalue weighted by molar-refractivity contribution is 7.89. The smallest absolute Gasteiger partial charge is 0.246 e. The summed E-state index contributed by atoms with van der Waals surface area (Å²) in [5, 5.41) is 5.14. The molecule has 166 valence electrons. The standard InChI is InChI=1S/C24H31N3O3S/c1-19(21-10-14-23(15-11-21)31(25,29)30)26(2)24(28)16-9-20-7-12-22(13-8-20)27-17-5-3-4-6-18-27/h7-16,19H,3-6,17-18H2,1-2H3,(H2,25,29,30). The minimum Gasteiger partial charge on any atom is -0.372 e. The number of sulfonamides is 1. The Bertz CT molecular complexity index is 1010. The van der Waals surface area contributed by atoms with Crippen molar-refractivity contribution in [3.05, 3.63) is 65.7 Å². The summed E-state index contributed by atoms with van der Waals surface area (Å²) in [7, 11) is -2.00. The highest BCUT2D eigenvalue weighted by atomic mass is 32.2. The van der Waals surface area contributed by atoms with E-state index in [9.17, 15) is 13.2 Å². The van der Waals surface area contributed by atoms with Crippen LogP contribution in [-0.2, 0) is 14.8 Å². The van der Waals surface area contributed by atoms with Gasteiger partial charge in [0.15, 0.2) is 0 Å². The van der Waals surface area contributed by atoms with Crippen LogP contribution in [0.3, 0.4) is 0 Å². The number of rotatable bonds is 6. The zero-order valence-electron chi connectivity index (χ0n) is 18.2. The van der Waals surface area contributed by atoms with E-state index in [0.29, 0.717) is 0 Å². The fourth-order valence-corrected chi connectivity index (χ4v) is 4.28. The quantitative estimate of drug-likeness (QED) is 0.688. The minimum atomic E-state index is -3.73. The SMILES string of the molecule is CC(c1ccc(S(N)(=O)=O)cc1)N(C)C(=O)C=Cc1ccc(N2CCCCCC2)cc1. The van der Waals surface area contributed by atoms with Crippen molar-refractivity contribution >= 4 is 27.7 Å². The number of benzene rings is 2. The van der Waals surface area contributed by atoms with Gasteiger partial charge in [0.25, 0.3) is 0 Å². The second kappa shape index (κ2) is 10.1. The molecule has 7 heteroatoms. The van der Waals surface area contributed by atoms with Crippen LogP contribution in [0.5, 0.6) is 0 Å². The molecule has 0 aliphatic carbocycles. The average Bonchev–Trinajstić information content (AvgIpc) is 3.06. The lowest BCUT2D eigenvalue weighted by Crippen LogP contribution is -2.28. The molecule has 1 fully saturated rings. The van der Waals surface area contributed by atoms with Crippen LogP contribution in [0.1, 0.15) is 49.8 Å². The summed E-state index contributed by atoms with van der Waals surface area (Å²) in [5.74, 6) is -0.125. The Kier molecular flexibility index (Phi) is 7.51. The molecule has 1 saturated heterocycles. The normalized spacial score (nSPS) is 16.2. The van der Waals surface area contributed by atoms with Gasteiger partial charge in [-0.25, -0.2) is 13.6 Å². The monoisotopic (exact) mass is 441 g/mol. The van der Waals surface area contributed by atoms with Crippen LogP contribution in [0.4, 0.5) is 5.69 Å². The fourth-order valence-electron chi connectivity index (χ4n) is 3.76. The van der Waals surface area contributed by atoms with Gasteiger partial charge in [-0.05, 0) is 61.2 Å². The molecular weight excluding hydrogens is 410 g/mol. The number of nitrogens with two attached hydrogens (primary N) is 1. The predicted molar refractivity (Wildman–Crippen MR) is 125 cm³/mol. The molecule has 0 radical (unpaired) electrons. The lowest BCUT2D eigenvalue weighted by molar-refractivity contribution is -0.126. The Hall–Kier alpha value is -2.64. The molecule has 0 spiro atoms. The van der Waals surface area contributed by atoms with E-state index in [1.54, 1.807) is 30.2 Å². The maximum Gasteiger partial charge on any atom is 0.246 e. The van der Waals surface area contributed by atoms with Gasteiger partial charge >= 0.3 is 0 Å². The fraction of sp³-hybridized carbons (Fsp3) is 0.375. The first-order chi connectivity index (χ1) is 14.8. The number of anilines is 1. The second-order valence-electron chi connectivity index (χ2n) is 8.07.